The molecule has 0 fully saturated rings. The number of aromatic nitrogens is 3. The zero-order valence-electron chi connectivity index (χ0n) is 10.4. The third-order valence-electron chi connectivity index (χ3n) is 2.65. The Bertz CT molecular complexity index is 524. The maximum absolute atomic E-state index is 12.1. The van der Waals surface area contributed by atoms with Gasteiger partial charge in [0.05, 0.1) is 6.20 Å². The molecule has 5 heteroatoms. The second-order valence-electron chi connectivity index (χ2n) is 3.83. The van der Waals surface area contributed by atoms with E-state index in [0.717, 1.165) is 12.0 Å². The number of hydrogen-bond donors (Lipinski definition) is 0. The molecule has 0 aromatic carbocycles. The molecule has 0 aliphatic rings. The number of carbonyl (C=O) groups is 1. The Morgan fingerprint density at radius 3 is 2.61 bits per heavy atom. The maximum Gasteiger partial charge on any atom is 0.279 e. The predicted molar refractivity (Wildman–Crippen MR) is 68.4 cm³/mol. The van der Waals surface area contributed by atoms with Gasteiger partial charge >= 0.3 is 0 Å². The van der Waals surface area contributed by atoms with E-state index < -0.39 is 0 Å². The van der Waals surface area contributed by atoms with E-state index in [1.54, 1.807) is 13.2 Å². The summed E-state index contributed by atoms with van der Waals surface area (Å²) in [5, 5.41) is 0. The van der Waals surface area contributed by atoms with Gasteiger partial charge in [-0.2, -0.15) is 0 Å². The van der Waals surface area contributed by atoms with Crippen molar-refractivity contribution in [2.75, 3.05) is 11.9 Å². The Labute approximate surface area is 106 Å². The molecule has 5 nitrogen and oxygen atoms in total. The summed E-state index contributed by atoms with van der Waals surface area (Å²) < 4.78 is 0. The summed E-state index contributed by atoms with van der Waals surface area (Å²) in [7, 11) is 1.67. The fourth-order valence-corrected chi connectivity index (χ4v) is 1.51. The normalized spacial score (nSPS) is 10.1. The van der Waals surface area contributed by atoms with Crippen LogP contribution in [-0.4, -0.2) is 27.9 Å². The molecule has 0 atom stereocenters. The van der Waals surface area contributed by atoms with Crippen LogP contribution in [0.3, 0.4) is 0 Å². The number of nitrogens with zero attached hydrogens (tertiary/aromatic N) is 4. The van der Waals surface area contributed by atoms with Gasteiger partial charge in [0, 0.05) is 25.6 Å². The number of amides is 1. The van der Waals surface area contributed by atoms with Crippen LogP contribution in [0.1, 0.15) is 23.0 Å². The van der Waals surface area contributed by atoms with Gasteiger partial charge in [-0.3, -0.25) is 14.7 Å². The Hall–Kier alpha value is -2.30. The van der Waals surface area contributed by atoms with Crippen molar-refractivity contribution in [3.63, 3.8) is 0 Å². The van der Waals surface area contributed by atoms with Gasteiger partial charge < -0.3 is 0 Å². The van der Waals surface area contributed by atoms with E-state index in [4.69, 9.17) is 0 Å². The molecule has 0 saturated heterocycles. The molecule has 0 spiro atoms. The number of aryl methyl sites for hydroxylation is 1. The lowest BCUT2D eigenvalue weighted by atomic mass is 10.2. The summed E-state index contributed by atoms with van der Waals surface area (Å²) in [4.78, 5) is 25.7. The van der Waals surface area contributed by atoms with Gasteiger partial charge in [0.25, 0.3) is 5.91 Å². The van der Waals surface area contributed by atoms with Crippen LogP contribution in [0.25, 0.3) is 0 Å². The Kier molecular flexibility index (Phi) is 3.62. The van der Waals surface area contributed by atoms with E-state index in [-0.39, 0.29) is 5.91 Å². The molecule has 0 radical (unpaired) electrons. The van der Waals surface area contributed by atoms with E-state index in [0.29, 0.717) is 11.5 Å². The molecule has 1 amide bonds. The van der Waals surface area contributed by atoms with Crippen molar-refractivity contribution < 1.29 is 4.79 Å². The van der Waals surface area contributed by atoms with E-state index >= 15 is 0 Å². The largest absolute Gasteiger partial charge is 0.294 e. The Morgan fingerprint density at radius 2 is 2.06 bits per heavy atom. The summed E-state index contributed by atoms with van der Waals surface area (Å²) >= 11 is 0. The van der Waals surface area contributed by atoms with Crippen molar-refractivity contribution in [3.8, 4) is 0 Å². The molecule has 0 unspecified atom stereocenters. The highest BCUT2D eigenvalue weighted by Crippen LogP contribution is 2.12. The second kappa shape index (κ2) is 5.35. The molecule has 92 valence electrons. The van der Waals surface area contributed by atoms with E-state index in [1.165, 1.54) is 23.5 Å². The average molecular weight is 242 g/mol. The van der Waals surface area contributed by atoms with E-state index in [9.17, 15) is 4.79 Å². The van der Waals surface area contributed by atoms with Crippen molar-refractivity contribution in [1.82, 2.24) is 15.0 Å². The Balaban J connectivity index is 2.20. The monoisotopic (exact) mass is 242 g/mol. The lowest BCUT2D eigenvalue weighted by molar-refractivity contribution is 0.0987. The lowest BCUT2D eigenvalue weighted by Crippen LogP contribution is -2.27. The SMILES string of the molecule is CCc1ccc(N(C)C(=O)c2cnccn2)nc1. The topological polar surface area (TPSA) is 59.0 Å². The second-order valence-corrected chi connectivity index (χ2v) is 3.83. The van der Waals surface area contributed by atoms with Crippen LogP contribution >= 0.6 is 0 Å². The van der Waals surface area contributed by atoms with Crippen molar-refractivity contribution in [2.45, 2.75) is 13.3 Å². The van der Waals surface area contributed by atoms with E-state index in [2.05, 4.69) is 21.9 Å². The standard InChI is InChI=1S/C13H14N4O/c1-3-10-4-5-12(16-8-10)17(2)13(18)11-9-14-6-7-15-11/h4-9H,3H2,1-2H3. The van der Waals surface area contributed by atoms with Crippen molar-refractivity contribution in [1.29, 1.82) is 0 Å². The summed E-state index contributed by atoms with van der Waals surface area (Å²) in [5.74, 6) is 0.378. The minimum absolute atomic E-state index is 0.222. The third kappa shape index (κ3) is 2.51. The molecule has 2 heterocycles. The first-order chi connectivity index (χ1) is 8.72. The summed E-state index contributed by atoms with van der Waals surface area (Å²) in [6.07, 6.45) is 7.17. The van der Waals surface area contributed by atoms with Crippen LogP contribution in [0.2, 0.25) is 0 Å². The number of anilines is 1. The molecular formula is C13H14N4O. The van der Waals surface area contributed by atoms with Gasteiger partial charge in [-0.15, -0.1) is 0 Å². The van der Waals surface area contributed by atoms with Gasteiger partial charge in [0.15, 0.2) is 0 Å². The van der Waals surface area contributed by atoms with Crippen molar-refractivity contribution >= 4 is 11.7 Å². The summed E-state index contributed by atoms with van der Waals surface area (Å²) in [6.45, 7) is 2.06. The van der Waals surface area contributed by atoms with Crippen LogP contribution < -0.4 is 4.90 Å². The average Bonchev–Trinajstić information content (AvgIpc) is 2.47. The minimum atomic E-state index is -0.222. The van der Waals surface area contributed by atoms with Gasteiger partial charge in [0.2, 0.25) is 0 Å². The third-order valence-corrected chi connectivity index (χ3v) is 2.65. The molecule has 0 N–H and O–H groups in total. The molecule has 0 aliphatic carbocycles. The number of pyridine rings is 1. The fraction of sp³-hybridized carbons (Fsp3) is 0.231. The highest BCUT2D eigenvalue weighted by atomic mass is 16.2. The first-order valence-electron chi connectivity index (χ1n) is 5.71. The van der Waals surface area contributed by atoms with Gasteiger partial charge in [-0.25, -0.2) is 9.97 Å². The number of carbonyl (C=O) groups excluding carboxylic acids is 1. The van der Waals surface area contributed by atoms with Crippen LogP contribution in [0.15, 0.2) is 36.9 Å². The smallest absolute Gasteiger partial charge is 0.279 e. The van der Waals surface area contributed by atoms with Gasteiger partial charge in [-0.1, -0.05) is 13.0 Å². The predicted octanol–water partition coefficient (Wildman–Crippen LogP) is 1.71. The zero-order chi connectivity index (χ0) is 13.0. The van der Waals surface area contributed by atoms with Gasteiger partial charge in [-0.05, 0) is 18.1 Å². The molecule has 0 aliphatic heterocycles. The van der Waals surface area contributed by atoms with Crippen molar-refractivity contribution in [3.05, 3.63) is 48.2 Å². The highest BCUT2D eigenvalue weighted by Gasteiger charge is 2.15. The molecule has 2 rings (SSSR count). The van der Waals surface area contributed by atoms with E-state index in [1.807, 2.05) is 12.1 Å². The van der Waals surface area contributed by atoms with Crippen LogP contribution in [0.4, 0.5) is 5.82 Å². The maximum atomic E-state index is 12.1. The van der Waals surface area contributed by atoms with Crippen LogP contribution in [-0.2, 0) is 6.42 Å². The fourth-order valence-electron chi connectivity index (χ4n) is 1.51. The number of hydrogen-bond acceptors (Lipinski definition) is 4. The Morgan fingerprint density at radius 1 is 1.22 bits per heavy atom. The quantitative estimate of drug-likeness (QED) is 0.822. The van der Waals surface area contributed by atoms with Gasteiger partial charge in [0.1, 0.15) is 11.5 Å². The molecule has 2 aromatic heterocycles. The molecule has 0 saturated carbocycles. The first-order valence-corrected chi connectivity index (χ1v) is 5.71. The van der Waals surface area contributed by atoms with Crippen LogP contribution in [0, 0.1) is 0 Å². The van der Waals surface area contributed by atoms with Crippen LogP contribution in [0.5, 0.6) is 0 Å². The molecule has 2 aromatic rings. The summed E-state index contributed by atoms with van der Waals surface area (Å²) in [5.41, 5.74) is 1.44. The molecular weight excluding hydrogens is 228 g/mol. The lowest BCUT2D eigenvalue weighted by Gasteiger charge is -2.15. The summed E-state index contributed by atoms with van der Waals surface area (Å²) in [6, 6.07) is 3.79. The van der Waals surface area contributed by atoms with Crippen molar-refractivity contribution in [2.24, 2.45) is 0 Å². The highest BCUT2D eigenvalue weighted by molar-refractivity contribution is 6.03. The number of rotatable bonds is 3. The minimum Gasteiger partial charge on any atom is -0.294 e. The zero-order valence-corrected chi connectivity index (χ0v) is 10.4. The molecule has 18 heavy (non-hydrogen) atoms. The first kappa shape index (κ1) is 12.2. The molecule has 0 bridgehead atoms.